The van der Waals surface area contributed by atoms with Gasteiger partial charge in [0.05, 0.1) is 26.4 Å². The van der Waals surface area contributed by atoms with Crippen LogP contribution in [-0.4, -0.2) is 67.3 Å². The topological polar surface area (TPSA) is 50.8 Å². The number of thioether (sulfide) groups is 1. The van der Waals surface area contributed by atoms with Gasteiger partial charge in [-0.1, -0.05) is 30.3 Å². The summed E-state index contributed by atoms with van der Waals surface area (Å²) in [5.74, 6) is 2.35. The normalized spacial score (nSPS) is 24.3. The highest BCUT2D eigenvalue weighted by atomic mass is 32.2. The Morgan fingerprint density at radius 3 is 2.80 bits per heavy atom. The van der Waals surface area contributed by atoms with Crippen LogP contribution in [0.3, 0.4) is 0 Å². The minimum atomic E-state index is 0.0811. The lowest BCUT2D eigenvalue weighted by Gasteiger charge is -2.43. The zero-order chi connectivity index (χ0) is 17.4. The zero-order valence-corrected chi connectivity index (χ0v) is 15.6. The summed E-state index contributed by atoms with van der Waals surface area (Å²) < 4.78 is 11.1. The lowest BCUT2D eigenvalue weighted by atomic mass is 9.95. The minimum Gasteiger partial charge on any atom is -0.379 e. The molecule has 1 unspecified atom stereocenters. The van der Waals surface area contributed by atoms with Gasteiger partial charge in [-0.15, -0.1) is 0 Å². The van der Waals surface area contributed by atoms with Gasteiger partial charge in [-0.05, 0) is 17.7 Å². The molecule has 1 N–H and O–H groups in total. The Morgan fingerprint density at radius 1 is 1.28 bits per heavy atom. The van der Waals surface area contributed by atoms with Crippen molar-refractivity contribution in [3.05, 3.63) is 35.9 Å². The van der Waals surface area contributed by atoms with Gasteiger partial charge in [-0.25, -0.2) is 0 Å². The van der Waals surface area contributed by atoms with Gasteiger partial charge < -0.3 is 14.8 Å². The van der Waals surface area contributed by atoms with Gasteiger partial charge in [-0.2, -0.15) is 11.8 Å². The van der Waals surface area contributed by atoms with Gasteiger partial charge >= 0.3 is 0 Å². The predicted molar refractivity (Wildman–Crippen MR) is 101 cm³/mol. The van der Waals surface area contributed by atoms with E-state index in [1.54, 1.807) is 0 Å². The van der Waals surface area contributed by atoms with Gasteiger partial charge in [0, 0.05) is 37.3 Å². The van der Waals surface area contributed by atoms with E-state index in [2.05, 4.69) is 10.2 Å². The number of benzene rings is 1. The van der Waals surface area contributed by atoms with Crippen molar-refractivity contribution in [1.82, 2.24) is 10.2 Å². The molecule has 25 heavy (non-hydrogen) atoms. The molecule has 5 nitrogen and oxygen atoms in total. The largest absolute Gasteiger partial charge is 0.379 e. The molecule has 0 radical (unpaired) electrons. The van der Waals surface area contributed by atoms with Crippen LogP contribution < -0.4 is 5.32 Å². The number of hydrogen-bond acceptors (Lipinski definition) is 5. The Kier molecular flexibility index (Phi) is 7.16. The van der Waals surface area contributed by atoms with E-state index >= 15 is 0 Å². The fraction of sp³-hybridized carbons (Fsp3) is 0.632. The summed E-state index contributed by atoms with van der Waals surface area (Å²) in [6, 6.07) is 10.0. The first-order chi connectivity index (χ1) is 12.3. The van der Waals surface area contributed by atoms with Crippen LogP contribution in [0.15, 0.2) is 30.3 Å². The van der Waals surface area contributed by atoms with E-state index in [-0.39, 0.29) is 11.4 Å². The monoisotopic (exact) mass is 364 g/mol. The molecule has 2 aliphatic heterocycles. The van der Waals surface area contributed by atoms with Gasteiger partial charge in [0.25, 0.3) is 0 Å². The van der Waals surface area contributed by atoms with Crippen molar-refractivity contribution in [2.24, 2.45) is 0 Å². The Balaban J connectivity index is 1.38. The molecule has 1 aromatic rings. The number of hydrogen-bond donors (Lipinski definition) is 1. The third-order valence-corrected chi connectivity index (χ3v) is 6.20. The van der Waals surface area contributed by atoms with Crippen molar-refractivity contribution in [2.75, 3.05) is 51.0 Å². The molecule has 2 saturated heterocycles. The number of morpholine rings is 1. The van der Waals surface area contributed by atoms with E-state index < -0.39 is 0 Å². The molecule has 1 amide bonds. The molecule has 3 rings (SSSR count). The van der Waals surface area contributed by atoms with Crippen molar-refractivity contribution in [2.45, 2.75) is 25.0 Å². The molecule has 138 valence electrons. The number of rotatable bonds is 8. The van der Waals surface area contributed by atoms with Crippen LogP contribution in [0.1, 0.15) is 18.4 Å². The smallest absolute Gasteiger partial charge is 0.222 e. The second kappa shape index (κ2) is 9.57. The molecule has 6 heteroatoms. The second-order valence-electron chi connectivity index (χ2n) is 6.69. The van der Waals surface area contributed by atoms with E-state index in [0.717, 1.165) is 50.6 Å². The average Bonchev–Trinajstić information content (AvgIpc) is 3.15. The molecular weight excluding hydrogens is 336 g/mol. The fourth-order valence-electron chi connectivity index (χ4n) is 3.42. The van der Waals surface area contributed by atoms with E-state index in [9.17, 15) is 4.79 Å². The second-order valence-corrected chi connectivity index (χ2v) is 7.80. The summed E-state index contributed by atoms with van der Waals surface area (Å²) in [5.41, 5.74) is 1.24. The summed E-state index contributed by atoms with van der Waals surface area (Å²) >= 11 is 1.99. The summed E-state index contributed by atoms with van der Waals surface area (Å²) in [6.07, 6.45) is 1.56. The Morgan fingerprint density at radius 2 is 2.08 bits per heavy atom. The summed E-state index contributed by atoms with van der Waals surface area (Å²) in [5, 5.41) is 3.15. The molecule has 2 aliphatic rings. The third-order valence-electron chi connectivity index (χ3n) is 4.96. The van der Waals surface area contributed by atoms with Crippen LogP contribution >= 0.6 is 11.8 Å². The van der Waals surface area contributed by atoms with Crippen molar-refractivity contribution in [3.63, 3.8) is 0 Å². The lowest BCUT2D eigenvalue weighted by Crippen LogP contribution is -2.59. The molecule has 0 spiro atoms. The average molecular weight is 365 g/mol. The first-order valence-electron chi connectivity index (χ1n) is 9.07. The van der Waals surface area contributed by atoms with Gasteiger partial charge in [-0.3, -0.25) is 9.69 Å². The quantitative estimate of drug-likeness (QED) is 0.714. The Bertz CT molecular complexity index is 529. The van der Waals surface area contributed by atoms with E-state index in [1.165, 1.54) is 5.75 Å². The van der Waals surface area contributed by atoms with E-state index in [4.69, 9.17) is 9.47 Å². The Hall–Kier alpha value is -1.08. The third kappa shape index (κ3) is 5.45. The molecule has 1 atom stereocenters. The van der Waals surface area contributed by atoms with E-state index in [1.807, 2.05) is 42.1 Å². The zero-order valence-electron chi connectivity index (χ0n) is 14.7. The number of amides is 1. The molecular formula is C19H28N2O3S. The number of carbonyl (C=O) groups is 1. The van der Waals surface area contributed by atoms with Crippen LogP contribution in [0, 0.1) is 0 Å². The highest BCUT2D eigenvalue weighted by Gasteiger charge is 2.40. The van der Waals surface area contributed by atoms with E-state index in [0.29, 0.717) is 19.6 Å². The molecule has 0 bridgehead atoms. The fourth-order valence-corrected chi connectivity index (χ4v) is 4.89. The first-order valence-corrected chi connectivity index (χ1v) is 10.2. The summed E-state index contributed by atoms with van der Waals surface area (Å²) in [6.45, 7) is 5.29. The predicted octanol–water partition coefficient (Wildman–Crippen LogP) is 1.92. The number of nitrogens with zero attached hydrogens (tertiary/aromatic N) is 1. The number of nitrogens with one attached hydrogen (secondary N) is 1. The molecule has 0 aliphatic carbocycles. The molecule has 0 saturated carbocycles. The van der Waals surface area contributed by atoms with Gasteiger partial charge in [0.1, 0.15) is 0 Å². The van der Waals surface area contributed by atoms with Crippen LogP contribution in [0.4, 0.5) is 0 Å². The van der Waals surface area contributed by atoms with Crippen molar-refractivity contribution >= 4 is 17.7 Å². The maximum Gasteiger partial charge on any atom is 0.222 e. The van der Waals surface area contributed by atoms with Gasteiger partial charge in [0.2, 0.25) is 5.91 Å². The van der Waals surface area contributed by atoms with Crippen molar-refractivity contribution in [3.8, 4) is 0 Å². The SMILES string of the molecule is O=C(CCOCc1ccccc1)NCC1(N2CCOCC2)CCSC1. The highest BCUT2D eigenvalue weighted by Crippen LogP contribution is 2.33. The summed E-state index contributed by atoms with van der Waals surface area (Å²) in [7, 11) is 0. The molecule has 2 heterocycles. The number of ether oxygens (including phenoxy) is 2. The standard InChI is InChI=1S/C19H28N2O3S/c22-18(6-10-24-14-17-4-2-1-3-5-17)20-15-19(7-13-25-16-19)21-8-11-23-12-9-21/h1-5H,6-16H2,(H,20,22). The van der Waals surface area contributed by atoms with Crippen molar-refractivity contribution in [1.29, 1.82) is 0 Å². The van der Waals surface area contributed by atoms with Crippen LogP contribution in [-0.2, 0) is 20.9 Å². The number of carbonyl (C=O) groups excluding carboxylic acids is 1. The van der Waals surface area contributed by atoms with Crippen LogP contribution in [0.5, 0.6) is 0 Å². The summed E-state index contributed by atoms with van der Waals surface area (Å²) in [4.78, 5) is 14.7. The van der Waals surface area contributed by atoms with Crippen molar-refractivity contribution < 1.29 is 14.3 Å². The van der Waals surface area contributed by atoms with Gasteiger partial charge in [0.15, 0.2) is 0 Å². The van der Waals surface area contributed by atoms with Crippen LogP contribution in [0.25, 0.3) is 0 Å². The molecule has 2 fully saturated rings. The highest BCUT2D eigenvalue weighted by molar-refractivity contribution is 7.99. The Labute approximate surface area is 154 Å². The molecule has 1 aromatic carbocycles. The lowest BCUT2D eigenvalue weighted by molar-refractivity contribution is -0.123. The van der Waals surface area contributed by atoms with Crippen LogP contribution in [0.2, 0.25) is 0 Å². The molecule has 0 aromatic heterocycles. The maximum atomic E-state index is 12.2. The maximum absolute atomic E-state index is 12.2. The minimum absolute atomic E-state index is 0.0811. The first kappa shape index (κ1) is 18.7.